The second-order valence-corrected chi connectivity index (χ2v) is 6.95. The van der Waals surface area contributed by atoms with Crippen molar-refractivity contribution in [1.29, 1.82) is 0 Å². The van der Waals surface area contributed by atoms with Crippen LogP contribution in [0.15, 0.2) is 34.8 Å². The standard InChI is InChI=1S/C12H16N4O2S2/c1-2-4-10(11-5-3-6-19-11)16-20(17,18)9-7-14-12(13)15-8-9/h3,5-8,10,16H,2,4H2,1H3,(H2,13,14,15). The van der Waals surface area contributed by atoms with E-state index in [0.29, 0.717) is 0 Å². The summed E-state index contributed by atoms with van der Waals surface area (Å²) in [5.74, 6) is 0.0484. The van der Waals surface area contributed by atoms with E-state index in [-0.39, 0.29) is 16.9 Å². The highest BCUT2D eigenvalue weighted by atomic mass is 32.2. The molecular formula is C12H16N4O2S2. The van der Waals surface area contributed by atoms with E-state index in [0.717, 1.165) is 17.7 Å². The molecule has 2 heterocycles. The average molecular weight is 312 g/mol. The Labute approximate surface area is 122 Å². The molecule has 3 N–H and O–H groups in total. The minimum absolute atomic E-state index is 0.0179. The van der Waals surface area contributed by atoms with Gasteiger partial charge >= 0.3 is 0 Å². The van der Waals surface area contributed by atoms with Crippen LogP contribution in [0.2, 0.25) is 0 Å². The van der Waals surface area contributed by atoms with Gasteiger partial charge < -0.3 is 5.73 Å². The first kappa shape index (κ1) is 14.9. The summed E-state index contributed by atoms with van der Waals surface area (Å²) in [5, 5.41) is 1.93. The summed E-state index contributed by atoms with van der Waals surface area (Å²) in [5.41, 5.74) is 5.36. The van der Waals surface area contributed by atoms with Gasteiger partial charge in [0.25, 0.3) is 0 Å². The molecule has 0 aromatic carbocycles. The minimum atomic E-state index is -3.65. The molecule has 8 heteroatoms. The number of hydrogen-bond donors (Lipinski definition) is 2. The van der Waals surface area contributed by atoms with Crippen molar-refractivity contribution in [2.24, 2.45) is 0 Å². The van der Waals surface area contributed by atoms with Gasteiger partial charge in [0.2, 0.25) is 16.0 Å². The highest BCUT2D eigenvalue weighted by Gasteiger charge is 2.22. The van der Waals surface area contributed by atoms with Crippen molar-refractivity contribution in [1.82, 2.24) is 14.7 Å². The van der Waals surface area contributed by atoms with Crippen LogP contribution in [0.3, 0.4) is 0 Å². The molecule has 0 aliphatic carbocycles. The van der Waals surface area contributed by atoms with E-state index in [9.17, 15) is 8.42 Å². The molecule has 0 amide bonds. The highest BCUT2D eigenvalue weighted by molar-refractivity contribution is 7.89. The van der Waals surface area contributed by atoms with E-state index in [4.69, 9.17) is 5.73 Å². The summed E-state index contributed by atoms with van der Waals surface area (Å²) in [6.07, 6.45) is 4.03. The summed E-state index contributed by atoms with van der Waals surface area (Å²) in [7, 11) is -3.65. The lowest BCUT2D eigenvalue weighted by Gasteiger charge is -2.16. The van der Waals surface area contributed by atoms with E-state index in [1.165, 1.54) is 23.7 Å². The largest absolute Gasteiger partial charge is 0.368 e. The number of hydrogen-bond acceptors (Lipinski definition) is 6. The minimum Gasteiger partial charge on any atom is -0.368 e. The lowest BCUT2D eigenvalue weighted by molar-refractivity contribution is 0.539. The van der Waals surface area contributed by atoms with E-state index in [2.05, 4.69) is 14.7 Å². The second-order valence-electron chi connectivity index (χ2n) is 4.25. The third kappa shape index (κ3) is 3.53. The van der Waals surface area contributed by atoms with Crippen LogP contribution in [-0.4, -0.2) is 18.4 Å². The SMILES string of the molecule is CCCC(NS(=O)(=O)c1cnc(N)nc1)c1cccs1. The number of anilines is 1. The summed E-state index contributed by atoms with van der Waals surface area (Å²) >= 11 is 1.53. The topological polar surface area (TPSA) is 98.0 Å². The zero-order valence-corrected chi connectivity index (χ0v) is 12.6. The van der Waals surface area contributed by atoms with E-state index < -0.39 is 10.0 Å². The maximum absolute atomic E-state index is 12.3. The van der Waals surface area contributed by atoms with Crippen molar-refractivity contribution < 1.29 is 8.42 Å². The van der Waals surface area contributed by atoms with Crippen LogP contribution in [0.4, 0.5) is 5.95 Å². The molecule has 0 radical (unpaired) electrons. The number of sulfonamides is 1. The van der Waals surface area contributed by atoms with Gasteiger partial charge in [-0.3, -0.25) is 0 Å². The molecule has 0 saturated carbocycles. The van der Waals surface area contributed by atoms with Gasteiger partial charge in [-0.05, 0) is 17.9 Å². The first-order valence-electron chi connectivity index (χ1n) is 6.16. The van der Waals surface area contributed by atoms with E-state index in [1.54, 1.807) is 0 Å². The molecule has 0 spiro atoms. The molecule has 2 aromatic rings. The molecule has 0 aliphatic heterocycles. The predicted octanol–water partition coefficient (Wildman–Crippen LogP) is 1.94. The molecule has 2 rings (SSSR count). The number of nitrogen functional groups attached to an aromatic ring is 1. The van der Waals surface area contributed by atoms with Gasteiger partial charge in [0, 0.05) is 4.88 Å². The molecule has 20 heavy (non-hydrogen) atoms. The van der Waals surface area contributed by atoms with Crippen LogP contribution in [-0.2, 0) is 10.0 Å². The van der Waals surface area contributed by atoms with Crippen LogP contribution in [0, 0.1) is 0 Å². The number of nitrogens with two attached hydrogens (primary N) is 1. The van der Waals surface area contributed by atoms with Crippen LogP contribution in [0.5, 0.6) is 0 Å². The summed E-state index contributed by atoms with van der Waals surface area (Å²) < 4.78 is 27.3. The van der Waals surface area contributed by atoms with Gasteiger partial charge in [-0.15, -0.1) is 11.3 Å². The number of nitrogens with one attached hydrogen (secondary N) is 1. The Bertz CT molecular complexity index is 639. The molecule has 2 aromatic heterocycles. The summed E-state index contributed by atoms with van der Waals surface area (Å²) in [4.78, 5) is 8.43. The van der Waals surface area contributed by atoms with Crippen molar-refractivity contribution in [2.75, 3.05) is 5.73 Å². The fraction of sp³-hybridized carbons (Fsp3) is 0.333. The van der Waals surface area contributed by atoms with Gasteiger partial charge in [-0.2, -0.15) is 0 Å². The zero-order chi connectivity index (χ0) is 14.6. The lowest BCUT2D eigenvalue weighted by atomic mass is 10.1. The zero-order valence-electron chi connectivity index (χ0n) is 11.0. The number of aromatic nitrogens is 2. The Kier molecular flexibility index (Phi) is 4.69. The Hall–Kier alpha value is -1.51. The Morgan fingerprint density at radius 2 is 2.10 bits per heavy atom. The molecule has 0 saturated heterocycles. The maximum Gasteiger partial charge on any atom is 0.244 e. The lowest BCUT2D eigenvalue weighted by Crippen LogP contribution is -2.28. The average Bonchev–Trinajstić information content (AvgIpc) is 2.92. The van der Waals surface area contributed by atoms with Crippen LogP contribution >= 0.6 is 11.3 Å². The number of thiophene rings is 1. The van der Waals surface area contributed by atoms with Crippen molar-refractivity contribution in [2.45, 2.75) is 30.7 Å². The number of nitrogens with zero attached hydrogens (tertiary/aromatic N) is 2. The second kappa shape index (κ2) is 6.29. The van der Waals surface area contributed by atoms with Crippen LogP contribution in [0.1, 0.15) is 30.7 Å². The van der Waals surface area contributed by atoms with Gasteiger partial charge in [-0.25, -0.2) is 23.1 Å². The van der Waals surface area contributed by atoms with E-state index >= 15 is 0 Å². The third-order valence-corrected chi connectivity index (χ3v) is 5.13. The maximum atomic E-state index is 12.3. The Morgan fingerprint density at radius 1 is 1.40 bits per heavy atom. The number of rotatable bonds is 6. The van der Waals surface area contributed by atoms with Crippen LogP contribution in [0.25, 0.3) is 0 Å². The molecule has 108 valence electrons. The summed E-state index contributed by atoms with van der Waals surface area (Å²) in [6, 6.07) is 3.60. The van der Waals surface area contributed by atoms with E-state index in [1.807, 2.05) is 24.4 Å². The normalized spacial score (nSPS) is 13.2. The Morgan fingerprint density at radius 3 is 2.65 bits per heavy atom. The van der Waals surface area contributed by atoms with Crippen molar-refractivity contribution >= 4 is 27.3 Å². The van der Waals surface area contributed by atoms with Gasteiger partial charge in [-0.1, -0.05) is 19.4 Å². The molecule has 1 atom stereocenters. The monoisotopic (exact) mass is 312 g/mol. The van der Waals surface area contributed by atoms with Crippen LogP contribution < -0.4 is 10.5 Å². The predicted molar refractivity (Wildman–Crippen MR) is 78.7 cm³/mol. The van der Waals surface area contributed by atoms with Gasteiger partial charge in [0.1, 0.15) is 4.90 Å². The fourth-order valence-corrected chi connectivity index (χ4v) is 3.78. The van der Waals surface area contributed by atoms with Gasteiger partial charge in [0.15, 0.2) is 0 Å². The molecule has 1 unspecified atom stereocenters. The smallest absolute Gasteiger partial charge is 0.244 e. The quantitative estimate of drug-likeness (QED) is 0.849. The van der Waals surface area contributed by atoms with Crippen molar-refractivity contribution in [3.63, 3.8) is 0 Å². The first-order chi connectivity index (χ1) is 9.53. The molecule has 0 fully saturated rings. The molecular weight excluding hydrogens is 296 g/mol. The molecule has 0 aliphatic rings. The van der Waals surface area contributed by atoms with Gasteiger partial charge in [0.05, 0.1) is 18.4 Å². The van der Waals surface area contributed by atoms with Crippen molar-refractivity contribution in [3.05, 3.63) is 34.8 Å². The Balaban J connectivity index is 2.23. The first-order valence-corrected chi connectivity index (χ1v) is 8.52. The molecule has 6 nitrogen and oxygen atoms in total. The highest BCUT2D eigenvalue weighted by Crippen LogP contribution is 2.25. The molecule has 0 bridgehead atoms. The van der Waals surface area contributed by atoms with Crippen molar-refractivity contribution in [3.8, 4) is 0 Å². The third-order valence-electron chi connectivity index (χ3n) is 2.72. The summed E-state index contributed by atoms with van der Waals surface area (Å²) in [6.45, 7) is 2.02. The fourth-order valence-electron chi connectivity index (χ4n) is 1.76.